The van der Waals surface area contributed by atoms with Crippen molar-refractivity contribution in [3.05, 3.63) is 58.7 Å². The first-order valence-electron chi connectivity index (χ1n) is 9.16. The summed E-state index contributed by atoms with van der Waals surface area (Å²) < 4.78 is 0. The van der Waals surface area contributed by atoms with Gasteiger partial charge < -0.3 is 10.6 Å². The van der Waals surface area contributed by atoms with Gasteiger partial charge in [0.05, 0.1) is 11.1 Å². The van der Waals surface area contributed by atoms with Crippen molar-refractivity contribution in [2.45, 2.75) is 63.5 Å². The summed E-state index contributed by atoms with van der Waals surface area (Å²) in [6.07, 6.45) is 2.40. The van der Waals surface area contributed by atoms with E-state index in [2.05, 4.69) is 74.7 Å². The van der Waals surface area contributed by atoms with Crippen LogP contribution in [0.15, 0.2) is 36.4 Å². The Bertz CT molecular complexity index is 784. The molecule has 1 fully saturated rings. The van der Waals surface area contributed by atoms with Gasteiger partial charge in [-0.3, -0.25) is 0 Å². The number of hydrogen-bond donors (Lipinski definition) is 2. The van der Waals surface area contributed by atoms with Crippen molar-refractivity contribution in [2.75, 3.05) is 10.6 Å². The van der Waals surface area contributed by atoms with E-state index in [1.807, 2.05) is 0 Å². The first-order chi connectivity index (χ1) is 11.4. The smallest absolute Gasteiger partial charge is 0.0578 e. The highest BCUT2D eigenvalue weighted by molar-refractivity contribution is 5.68. The molecule has 0 amide bonds. The molecule has 1 aliphatic carbocycles. The lowest BCUT2D eigenvalue weighted by Gasteiger charge is -2.62. The summed E-state index contributed by atoms with van der Waals surface area (Å²) in [5.74, 6) is 1.23. The minimum Gasteiger partial charge on any atom is -0.377 e. The van der Waals surface area contributed by atoms with Crippen LogP contribution in [0.3, 0.4) is 0 Å². The predicted molar refractivity (Wildman–Crippen MR) is 101 cm³/mol. The maximum Gasteiger partial charge on any atom is 0.0578 e. The predicted octanol–water partition coefficient (Wildman–Crippen LogP) is 5.33. The van der Waals surface area contributed by atoms with E-state index < -0.39 is 0 Å². The van der Waals surface area contributed by atoms with Gasteiger partial charge >= 0.3 is 0 Å². The molecule has 1 saturated carbocycles. The topological polar surface area (TPSA) is 24.1 Å². The molecule has 0 spiro atoms. The zero-order chi connectivity index (χ0) is 16.7. The van der Waals surface area contributed by atoms with Gasteiger partial charge in [-0.1, -0.05) is 35.4 Å². The van der Waals surface area contributed by atoms with Gasteiger partial charge in [0.15, 0.2) is 0 Å². The van der Waals surface area contributed by atoms with Gasteiger partial charge in [0.25, 0.3) is 0 Å². The molecule has 5 rings (SSSR count). The molecule has 2 nitrogen and oxygen atoms in total. The van der Waals surface area contributed by atoms with Crippen LogP contribution in [0.1, 0.15) is 60.8 Å². The zero-order valence-corrected chi connectivity index (χ0v) is 15.0. The van der Waals surface area contributed by atoms with Gasteiger partial charge in [-0.25, -0.2) is 0 Å². The Balaban J connectivity index is 1.76. The van der Waals surface area contributed by atoms with Crippen molar-refractivity contribution in [3.8, 4) is 0 Å². The average Bonchev–Trinajstić information content (AvgIpc) is 2.53. The number of nitrogens with one attached hydrogen (secondary N) is 2. The van der Waals surface area contributed by atoms with E-state index in [4.69, 9.17) is 0 Å². The summed E-state index contributed by atoms with van der Waals surface area (Å²) in [5.41, 5.74) is 8.62. The maximum atomic E-state index is 3.91. The number of fused-ring (bicyclic) bond motifs is 10. The molecule has 2 heterocycles. The average molecular weight is 318 g/mol. The molecular weight excluding hydrogens is 292 g/mol. The number of hydrogen-bond acceptors (Lipinski definition) is 2. The van der Waals surface area contributed by atoms with Gasteiger partial charge in [-0.15, -0.1) is 0 Å². The molecule has 3 aliphatic rings. The second kappa shape index (κ2) is 4.36. The maximum absolute atomic E-state index is 3.91. The van der Waals surface area contributed by atoms with E-state index in [-0.39, 0.29) is 11.1 Å². The standard InChI is InChI=1S/C22H26N2/c1-13-5-7-19-15(9-13)17-11-21(3,23-19)22(4)12-18(17)16-10-14(2)6-8-20(16)24-22/h5-10,17-18,23-24H,11-12H2,1-4H3/t17-,18-,21-,22-/m1/s1. The molecule has 2 heteroatoms. The molecule has 124 valence electrons. The quantitative estimate of drug-likeness (QED) is 0.686. The second-order valence-corrected chi connectivity index (χ2v) is 8.72. The highest BCUT2D eigenvalue weighted by Crippen LogP contribution is 2.61. The first kappa shape index (κ1) is 14.4. The van der Waals surface area contributed by atoms with Crippen molar-refractivity contribution in [3.63, 3.8) is 0 Å². The summed E-state index contributed by atoms with van der Waals surface area (Å²) >= 11 is 0. The van der Waals surface area contributed by atoms with Crippen molar-refractivity contribution in [2.24, 2.45) is 0 Å². The molecule has 0 radical (unpaired) electrons. The minimum atomic E-state index is 0.0823. The van der Waals surface area contributed by atoms with Crippen molar-refractivity contribution < 1.29 is 0 Å². The second-order valence-electron chi connectivity index (χ2n) is 8.72. The fourth-order valence-corrected chi connectivity index (χ4v) is 5.45. The van der Waals surface area contributed by atoms with Crippen LogP contribution < -0.4 is 10.6 Å². The SMILES string of the molecule is Cc1ccc2c(c1)[C@H]1C[C@@](C)(N2)[C@@]2(C)C[C@@H]1c1cc(C)ccc1N2. The van der Waals surface area contributed by atoms with Crippen molar-refractivity contribution >= 4 is 11.4 Å². The zero-order valence-electron chi connectivity index (χ0n) is 15.0. The van der Waals surface area contributed by atoms with E-state index in [1.165, 1.54) is 46.5 Å². The molecule has 0 saturated heterocycles. The van der Waals surface area contributed by atoms with Crippen LogP contribution in [0.4, 0.5) is 11.4 Å². The minimum absolute atomic E-state index is 0.0823. The lowest BCUT2D eigenvalue weighted by atomic mass is 9.54. The Hall–Kier alpha value is -1.96. The largest absolute Gasteiger partial charge is 0.377 e. The molecule has 2 N–H and O–H groups in total. The van der Waals surface area contributed by atoms with Crippen LogP contribution in [-0.2, 0) is 0 Å². The molecule has 0 unspecified atom stereocenters. The Labute approximate surface area is 144 Å². The third kappa shape index (κ3) is 1.72. The van der Waals surface area contributed by atoms with Gasteiger partial charge in [0.1, 0.15) is 0 Å². The highest BCUT2D eigenvalue weighted by Gasteiger charge is 2.58. The fourth-order valence-electron chi connectivity index (χ4n) is 5.45. The van der Waals surface area contributed by atoms with E-state index in [0.717, 1.165) is 0 Å². The summed E-state index contributed by atoms with van der Waals surface area (Å²) in [6.45, 7) is 9.24. The molecule has 2 aromatic carbocycles. The molecule has 0 aromatic heterocycles. The number of benzene rings is 2. The van der Waals surface area contributed by atoms with Crippen LogP contribution in [0.25, 0.3) is 0 Å². The Morgan fingerprint density at radius 2 is 1.17 bits per heavy atom. The molecule has 2 aliphatic heterocycles. The van der Waals surface area contributed by atoms with Gasteiger partial charge in [0.2, 0.25) is 0 Å². The molecular formula is C22H26N2. The molecule has 4 bridgehead atoms. The Morgan fingerprint density at radius 3 is 1.58 bits per heavy atom. The van der Waals surface area contributed by atoms with Gasteiger partial charge in [-0.2, -0.15) is 0 Å². The van der Waals surface area contributed by atoms with Crippen LogP contribution in [-0.4, -0.2) is 11.1 Å². The Kier molecular flexibility index (Phi) is 2.61. The summed E-state index contributed by atoms with van der Waals surface area (Å²) in [4.78, 5) is 0. The van der Waals surface area contributed by atoms with Gasteiger partial charge in [0, 0.05) is 11.4 Å². The van der Waals surface area contributed by atoms with Crippen LogP contribution >= 0.6 is 0 Å². The first-order valence-corrected chi connectivity index (χ1v) is 9.16. The van der Waals surface area contributed by atoms with E-state index in [9.17, 15) is 0 Å². The van der Waals surface area contributed by atoms with Crippen LogP contribution in [0, 0.1) is 13.8 Å². The van der Waals surface area contributed by atoms with Crippen molar-refractivity contribution in [1.82, 2.24) is 0 Å². The third-order valence-corrected chi connectivity index (χ3v) is 6.99. The summed E-state index contributed by atoms with van der Waals surface area (Å²) in [5, 5.41) is 7.82. The molecule has 24 heavy (non-hydrogen) atoms. The lowest BCUT2D eigenvalue weighted by molar-refractivity contribution is 0.164. The Morgan fingerprint density at radius 1 is 0.750 bits per heavy atom. The number of anilines is 2. The van der Waals surface area contributed by atoms with E-state index in [1.54, 1.807) is 0 Å². The highest BCUT2D eigenvalue weighted by atomic mass is 15.1. The normalized spacial score (nSPS) is 35.3. The third-order valence-electron chi connectivity index (χ3n) is 6.99. The summed E-state index contributed by atoms with van der Waals surface area (Å²) in [6, 6.07) is 13.9. The number of rotatable bonds is 0. The summed E-state index contributed by atoms with van der Waals surface area (Å²) in [7, 11) is 0. The van der Waals surface area contributed by atoms with E-state index in [0.29, 0.717) is 11.8 Å². The lowest BCUT2D eigenvalue weighted by Crippen LogP contribution is -2.67. The van der Waals surface area contributed by atoms with Gasteiger partial charge in [-0.05, 0) is 75.6 Å². The fraction of sp³-hybridized carbons (Fsp3) is 0.455. The molecule has 4 atom stereocenters. The molecule has 2 aromatic rings. The monoisotopic (exact) mass is 318 g/mol. The van der Waals surface area contributed by atoms with E-state index >= 15 is 0 Å². The van der Waals surface area contributed by atoms with Crippen LogP contribution in [0.5, 0.6) is 0 Å². The van der Waals surface area contributed by atoms with Crippen LogP contribution in [0.2, 0.25) is 0 Å². The number of aryl methyl sites for hydroxylation is 2. The van der Waals surface area contributed by atoms with Crippen molar-refractivity contribution in [1.29, 1.82) is 0 Å².